The van der Waals surface area contributed by atoms with Gasteiger partial charge in [0, 0.05) is 24.3 Å². The number of anilines is 2. The van der Waals surface area contributed by atoms with Gasteiger partial charge in [0.1, 0.15) is 0 Å². The van der Waals surface area contributed by atoms with Crippen LogP contribution in [0.1, 0.15) is 34.2 Å². The molecule has 0 saturated heterocycles. The van der Waals surface area contributed by atoms with Crippen LogP contribution in [-0.4, -0.2) is 12.5 Å². The highest BCUT2D eigenvalue weighted by Crippen LogP contribution is 2.22. The summed E-state index contributed by atoms with van der Waals surface area (Å²) in [6, 6.07) is 10.4. The minimum absolute atomic E-state index is 0.0397. The lowest BCUT2D eigenvalue weighted by Crippen LogP contribution is -2.18. The topological polar surface area (TPSA) is 41.1 Å². The van der Waals surface area contributed by atoms with Gasteiger partial charge in [0.15, 0.2) is 0 Å². The van der Waals surface area contributed by atoms with Gasteiger partial charge in [-0.2, -0.15) is 0 Å². The molecule has 0 atom stereocenters. The van der Waals surface area contributed by atoms with E-state index < -0.39 is 0 Å². The van der Waals surface area contributed by atoms with E-state index in [4.69, 9.17) is 0 Å². The predicted molar refractivity (Wildman–Crippen MR) is 98.3 cm³/mol. The van der Waals surface area contributed by atoms with E-state index in [0.717, 1.165) is 22.5 Å². The van der Waals surface area contributed by atoms with E-state index in [1.165, 1.54) is 16.7 Å². The van der Waals surface area contributed by atoms with Crippen LogP contribution in [0.3, 0.4) is 0 Å². The van der Waals surface area contributed by atoms with Crippen LogP contribution >= 0.6 is 0 Å². The fourth-order valence-electron chi connectivity index (χ4n) is 2.83. The second kappa shape index (κ2) is 7.32. The molecule has 0 heterocycles. The second-order valence-corrected chi connectivity index (χ2v) is 6.25. The smallest absolute Gasteiger partial charge is 0.226 e. The molecule has 0 bridgehead atoms. The number of hydrogen-bond donors (Lipinski definition) is 2. The fraction of sp³-hybridized carbons (Fsp3) is 0.350. The highest BCUT2D eigenvalue weighted by atomic mass is 16.1. The Morgan fingerprint density at radius 3 is 2.26 bits per heavy atom. The van der Waals surface area contributed by atoms with Crippen LogP contribution in [0, 0.1) is 34.6 Å². The third-order valence-corrected chi connectivity index (χ3v) is 4.21. The lowest BCUT2D eigenvalue weighted by atomic mass is 10.0. The molecule has 0 unspecified atom stereocenters. The van der Waals surface area contributed by atoms with Gasteiger partial charge in [0.25, 0.3) is 0 Å². The summed E-state index contributed by atoms with van der Waals surface area (Å²) in [6.45, 7) is 10.9. The number of carbonyl (C=O) groups excluding carboxylic acids is 1. The number of nitrogens with one attached hydrogen (secondary N) is 2. The summed E-state index contributed by atoms with van der Waals surface area (Å²) in [5, 5.41) is 6.39. The van der Waals surface area contributed by atoms with E-state index in [-0.39, 0.29) is 5.91 Å². The Bertz CT molecular complexity index is 697. The van der Waals surface area contributed by atoms with E-state index in [1.807, 2.05) is 19.9 Å². The number of carbonyl (C=O) groups is 1. The number of amides is 1. The van der Waals surface area contributed by atoms with Crippen molar-refractivity contribution >= 4 is 17.3 Å². The SMILES string of the molecule is Cc1cc(C)c(NC(=O)CCNc2cccc(C)c2C)c(C)c1. The van der Waals surface area contributed by atoms with Gasteiger partial charge in [-0.05, 0) is 62.9 Å². The van der Waals surface area contributed by atoms with Gasteiger partial charge in [-0.25, -0.2) is 0 Å². The van der Waals surface area contributed by atoms with Gasteiger partial charge in [-0.15, -0.1) is 0 Å². The average Bonchev–Trinajstić information content (AvgIpc) is 2.47. The minimum Gasteiger partial charge on any atom is -0.384 e. The summed E-state index contributed by atoms with van der Waals surface area (Å²) in [6.07, 6.45) is 0.445. The zero-order valence-corrected chi connectivity index (χ0v) is 14.7. The molecule has 2 aromatic carbocycles. The van der Waals surface area contributed by atoms with Crippen molar-refractivity contribution in [3.63, 3.8) is 0 Å². The second-order valence-electron chi connectivity index (χ2n) is 6.25. The van der Waals surface area contributed by atoms with Crippen molar-refractivity contribution in [1.29, 1.82) is 0 Å². The number of aryl methyl sites for hydroxylation is 4. The summed E-state index contributed by atoms with van der Waals surface area (Å²) < 4.78 is 0. The zero-order chi connectivity index (χ0) is 17.0. The Morgan fingerprint density at radius 2 is 1.61 bits per heavy atom. The standard InChI is InChI=1S/C20H26N2O/c1-13-11-15(3)20(16(4)12-13)22-19(23)9-10-21-18-8-6-7-14(2)17(18)5/h6-8,11-12,21H,9-10H2,1-5H3,(H,22,23). The van der Waals surface area contributed by atoms with Gasteiger partial charge < -0.3 is 10.6 Å². The molecule has 0 aliphatic rings. The molecule has 2 N–H and O–H groups in total. The molecule has 1 amide bonds. The molecule has 0 saturated carbocycles. The first kappa shape index (κ1) is 17.1. The van der Waals surface area contributed by atoms with Crippen LogP contribution in [0.5, 0.6) is 0 Å². The van der Waals surface area contributed by atoms with Gasteiger partial charge in [-0.1, -0.05) is 29.8 Å². The predicted octanol–water partition coefficient (Wildman–Crippen LogP) is 4.67. The summed E-state index contributed by atoms with van der Waals surface area (Å²) in [4.78, 5) is 12.2. The average molecular weight is 310 g/mol. The molecule has 0 radical (unpaired) electrons. The molecule has 2 rings (SSSR count). The van der Waals surface area contributed by atoms with Crippen LogP contribution in [0.25, 0.3) is 0 Å². The van der Waals surface area contributed by atoms with Gasteiger partial charge in [0.05, 0.1) is 0 Å². The fourth-order valence-corrected chi connectivity index (χ4v) is 2.83. The van der Waals surface area contributed by atoms with Crippen molar-refractivity contribution in [2.45, 2.75) is 41.0 Å². The summed E-state index contributed by atoms with van der Waals surface area (Å²) >= 11 is 0. The van der Waals surface area contributed by atoms with E-state index in [9.17, 15) is 4.79 Å². The van der Waals surface area contributed by atoms with Gasteiger partial charge in [0.2, 0.25) is 5.91 Å². The molecule has 0 aliphatic carbocycles. The Morgan fingerprint density at radius 1 is 0.957 bits per heavy atom. The van der Waals surface area contributed by atoms with Crippen LogP contribution in [0.2, 0.25) is 0 Å². The van der Waals surface area contributed by atoms with E-state index in [1.54, 1.807) is 0 Å². The molecule has 122 valence electrons. The molecule has 0 aromatic heterocycles. The van der Waals surface area contributed by atoms with Crippen molar-refractivity contribution in [2.75, 3.05) is 17.2 Å². The highest BCUT2D eigenvalue weighted by molar-refractivity contribution is 5.92. The first-order chi connectivity index (χ1) is 10.9. The number of hydrogen-bond acceptors (Lipinski definition) is 2. The molecular weight excluding hydrogens is 284 g/mol. The summed E-state index contributed by atoms with van der Waals surface area (Å²) in [5.41, 5.74) is 7.96. The monoisotopic (exact) mass is 310 g/mol. The largest absolute Gasteiger partial charge is 0.384 e. The Balaban J connectivity index is 1.92. The maximum atomic E-state index is 12.2. The molecule has 2 aromatic rings. The van der Waals surface area contributed by atoms with Crippen LogP contribution in [0.4, 0.5) is 11.4 Å². The Kier molecular flexibility index (Phi) is 5.43. The van der Waals surface area contributed by atoms with Crippen LogP contribution in [-0.2, 0) is 4.79 Å². The maximum Gasteiger partial charge on any atom is 0.226 e. The zero-order valence-electron chi connectivity index (χ0n) is 14.7. The normalized spacial score (nSPS) is 10.5. The van der Waals surface area contributed by atoms with Crippen LogP contribution < -0.4 is 10.6 Å². The molecular formula is C20H26N2O. The van der Waals surface area contributed by atoms with E-state index in [0.29, 0.717) is 13.0 Å². The molecule has 3 nitrogen and oxygen atoms in total. The third-order valence-electron chi connectivity index (χ3n) is 4.21. The van der Waals surface area contributed by atoms with Crippen molar-refractivity contribution in [3.05, 3.63) is 58.1 Å². The lowest BCUT2D eigenvalue weighted by molar-refractivity contribution is -0.115. The van der Waals surface area contributed by atoms with Crippen molar-refractivity contribution < 1.29 is 4.79 Å². The van der Waals surface area contributed by atoms with E-state index >= 15 is 0 Å². The van der Waals surface area contributed by atoms with Crippen LogP contribution in [0.15, 0.2) is 30.3 Å². The third kappa shape index (κ3) is 4.35. The summed E-state index contributed by atoms with van der Waals surface area (Å²) in [7, 11) is 0. The Hall–Kier alpha value is -2.29. The Labute approximate surface area is 139 Å². The van der Waals surface area contributed by atoms with Crippen molar-refractivity contribution in [2.24, 2.45) is 0 Å². The molecule has 0 spiro atoms. The number of rotatable bonds is 5. The highest BCUT2D eigenvalue weighted by Gasteiger charge is 2.08. The van der Waals surface area contributed by atoms with Gasteiger partial charge in [-0.3, -0.25) is 4.79 Å². The number of benzene rings is 2. The quantitative estimate of drug-likeness (QED) is 0.842. The van der Waals surface area contributed by atoms with Gasteiger partial charge >= 0.3 is 0 Å². The first-order valence-electron chi connectivity index (χ1n) is 8.06. The molecule has 0 aliphatic heterocycles. The first-order valence-corrected chi connectivity index (χ1v) is 8.06. The molecule has 3 heteroatoms. The maximum absolute atomic E-state index is 12.2. The lowest BCUT2D eigenvalue weighted by Gasteiger charge is -2.14. The summed E-state index contributed by atoms with van der Waals surface area (Å²) in [5.74, 6) is 0.0397. The molecule has 23 heavy (non-hydrogen) atoms. The van der Waals surface area contributed by atoms with Crippen molar-refractivity contribution in [1.82, 2.24) is 0 Å². The van der Waals surface area contributed by atoms with E-state index in [2.05, 4.69) is 55.7 Å². The minimum atomic E-state index is 0.0397. The van der Waals surface area contributed by atoms with Crippen molar-refractivity contribution in [3.8, 4) is 0 Å². The molecule has 0 fully saturated rings.